The van der Waals surface area contributed by atoms with Gasteiger partial charge in [-0.25, -0.2) is 14.4 Å². The van der Waals surface area contributed by atoms with Crippen molar-refractivity contribution >= 4 is 53.8 Å². The molecule has 3 amide bonds. The molecule has 2 aromatic carbocycles. The predicted molar refractivity (Wildman–Crippen MR) is 168 cm³/mol. The standard InChI is InChI=1S/C30H35ClN5O8P/c1-17(29(38)39)35-45(41,44-19-6-4-3-5-7-19)36-28(37)22-15-21-25(16-27(22)42-2)32-13-12-26(21)43-20-10-11-24(23(31)14-20)34-30(40)33-18-8-9-18/h10-19H,3-9H2,1-2H3,(H,38,39)(H2,33,34,40)(H2,35,36,37,41). The number of aliphatic carboxylic acids is 1. The molecule has 0 spiro atoms. The number of methoxy groups -OCH3 is 1. The molecule has 2 atom stereocenters. The van der Waals surface area contributed by atoms with E-state index in [-0.39, 0.29) is 28.4 Å². The zero-order valence-electron chi connectivity index (χ0n) is 24.8. The number of aromatic nitrogens is 1. The highest BCUT2D eigenvalue weighted by Gasteiger charge is 2.35. The minimum Gasteiger partial charge on any atom is -0.496 e. The summed E-state index contributed by atoms with van der Waals surface area (Å²) in [5.41, 5.74) is 0.858. The molecule has 1 aromatic heterocycles. The average Bonchev–Trinajstić information content (AvgIpc) is 3.82. The second-order valence-corrected chi connectivity index (χ2v) is 13.2. The number of benzene rings is 2. The number of carbonyl (C=O) groups is 3. The molecule has 1 heterocycles. The molecular formula is C30H35ClN5O8P. The first-order valence-electron chi connectivity index (χ1n) is 14.7. The highest BCUT2D eigenvalue weighted by atomic mass is 35.5. The summed E-state index contributed by atoms with van der Waals surface area (Å²) < 4.78 is 31.3. The Bertz CT molecular complexity index is 1650. The van der Waals surface area contributed by atoms with E-state index in [1.807, 2.05) is 0 Å². The Morgan fingerprint density at radius 2 is 1.80 bits per heavy atom. The molecule has 0 saturated heterocycles. The Kier molecular flexibility index (Phi) is 10.1. The first-order valence-corrected chi connectivity index (χ1v) is 16.7. The monoisotopic (exact) mass is 659 g/mol. The van der Waals surface area contributed by atoms with Crippen LogP contribution in [-0.4, -0.2) is 53.3 Å². The Balaban J connectivity index is 1.40. The zero-order chi connectivity index (χ0) is 32.1. The SMILES string of the molecule is COc1cc2nccc(Oc3ccc(NC(=O)NC4CC4)c(Cl)c3)c2cc1C(=O)NP(=O)(NC(C)C(=O)O)OC1CCCCC1. The van der Waals surface area contributed by atoms with Gasteiger partial charge >= 0.3 is 19.7 Å². The number of rotatable bonds is 12. The lowest BCUT2D eigenvalue weighted by molar-refractivity contribution is -0.138. The fourth-order valence-electron chi connectivity index (χ4n) is 4.92. The second-order valence-electron chi connectivity index (χ2n) is 11.0. The molecule has 0 radical (unpaired) electrons. The van der Waals surface area contributed by atoms with E-state index < -0.39 is 31.7 Å². The molecule has 5 N–H and O–H groups in total. The molecule has 3 aromatic rings. The van der Waals surface area contributed by atoms with Gasteiger partial charge in [0, 0.05) is 29.8 Å². The van der Waals surface area contributed by atoms with Crippen molar-refractivity contribution in [3.05, 3.63) is 53.2 Å². The summed E-state index contributed by atoms with van der Waals surface area (Å²) >= 11 is 6.42. The van der Waals surface area contributed by atoms with E-state index in [0.717, 1.165) is 32.1 Å². The molecule has 2 aliphatic carbocycles. The van der Waals surface area contributed by atoms with Crippen LogP contribution < -0.4 is 30.3 Å². The summed E-state index contributed by atoms with van der Waals surface area (Å²) in [6, 6.07) is 8.02. The summed E-state index contributed by atoms with van der Waals surface area (Å²) in [6.45, 7) is 1.31. The number of urea groups is 1. The first kappa shape index (κ1) is 32.5. The summed E-state index contributed by atoms with van der Waals surface area (Å²) in [6.07, 6.45) is 7.10. The van der Waals surface area contributed by atoms with Crippen LogP contribution in [0.15, 0.2) is 42.6 Å². The maximum Gasteiger partial charge on any atom is 0.369 e. The quantitative estimate of drug-likeness (QED) is 0.140. The third kappa shape index (κ3) is 8.43. The Labute approximate surface area is 264 Å². The van der Waals surface area contributed by atoms with Crippen LogP contribution in [0.4, 0.5) is 10.5 Å². The summed E-state index contributed by atoms with van der Waals surface area (Å²) in [5, 5.41) is 20.6. The number of carboxylic acids is 1. The van der Waals surface area contributed by atoms with Crippen LogP contribution in [-0.2, 0) is 13.9 Å². The van der Waals surface area contributed by atoms with Crippen molar-refractivity contribution in [1.29, 1.82) is 0 Å². The molecule has 0 aliphatic heterocycles. The van der Waals surface area contributed by atoms with Crippen LogP contribution >= 0.6 is 19.3 Å². The van der Waals surface area contributed by atoms with E-state index in [4.69, 9.17) is 25.6 Å². The number of amides is 3. The molecule has 5 rings (SSSR count). The van der Waals surface area contributed by atoms with Gasteiger partial charge < -0.3 is 25.2 Å². The highest BCUT2D eigenvalue weighted by molar-refractivity contribution is 7.55. The van der Waals surface area contributed by atoms with Crippen molar-refractivity contribution in [1.82, 2.24) is 20.5 Å². The molecular weight excluding hydrogens is 625 g/mol. The van der Waals surface area contributed by atoms with Gasteiger partial charge in [-0.05, 0) is 56.9 Å². The number of carbonyl (C=O) groups excluding carboxylic acids is 2. The summed E-state index contributed by atoms with van der Waals surface area (Å²) in [7, 11) is -2.81. The third-order valence-corrected chi connectivity index (χ3v) is 9.56. The number of anilines is 1. The summed E-state index contributed by atoms with van der Waals surface area (Å²) in [4.78, 5) is 41.7. The van der Waals surface area contributed by atoms with E-state index in [2.05, 4.69) is 25.8 Å². The van der Waals surface area contributed by atoms with Gasteiger partial charge in [0.2, 0.25) is 0 Å². The largest absolute Gasteiger partial charge is 0.496 e. The lowest BCUT2D eigenvalue weighted by Crippen LogP contribution is -2.39. The van der Waals surface area contributed by atoms with Gasteiger partial charge in [-0.1, -0.05) is 30.9 Å². The third-order valence-electron chi connectivity index (χ3n) is 7.43. The van der Waals surface area contributed by atoms with Crippen LogP contribution in [0.3, 0.4) is 0 Å². The number of hydrogen-bond acceptors (Lipinski definition) is 8. The van der Waals surface area contributed by atoms with E-state index in [0.29, 0.717) is 40.9 Å². The smallest absolute Gasteiger partial charge is 0.369 e. The van der Waals surface area contributed by atoms with Crippen molar-refractivity contribution < 1.29 is 38.1 Å². The van der Waals surface area contributed by atoms with Crippen LogP contribution in [0, 0.1) is 0 Å². The zero-order valence-corrected chi connectivity index (χ0v) is 26.5. The van der Waals surface area contributed by atoms with E-state index in [9.17, 15) is 24.1 Å². The minimum atomic E-state index is -4.18. The minimum absolute atomic E-state index is 0.000599. The van der Waals surface area contributed by atoms with Crippen molar-refractivity contribution in [2.75, 3.05) is 12.4 Å². The number of carboxylic acid groups (broad SMARTS) is 1. The van der Waals surface area contributed by atoms with Gasteiger partial charge in [0.05, 0.1) is 35.0 Å². The number of nitrogens with one attached hydrogen (secondary N) is 4. The Hall–Kier alpha value is -3.90. The Morgan fingerprint density at radius 1 is 1.04 bits per heavy atom. The van der Waals surface area contributed by atoms with Gasteiger partial charge in [0.25, 0.3) is 5.91 Å². The van der Waals surface area contributed by atoms with Gasteiger partial charge in [-0.2, -0.15) is 0 Å². The van der Waals surface area contributed by atoms with Crippen molar-refractivity contribution in [3.63, 3.8) is 0 Å². The second kappa shape index (κ2) is 14.0. The molecule has 45 heavy (non-hydrogen) atoms. The fraction of sp³-hybridized carbons (Fsp3) is 0.400. The molecule has 2 unspecified atom stereocenters. The van der Waals surface area contributed by atoms with Crippen molar-refractivity contribution in [2.45, 2.75) is 70.1 Å². The molecule has 15 heteroatoms. The first-order chi connectivity index (χ1) is 21.5. The molecule has 0 bridgehead atoms. The van der Waals surface area contributed by atoms with Gasteiger partial charge in [0.15, 0.2) is 0 Å². The maximum atomic E-state index is 13.9. The molecule has 2 aliphatic rings. The number of pyridine rings is 1. The van der Waals surface area contributed by atoms with E-state index in [1.54, 1.807) is 24.3 Å². The molecule has 240 valence electrons. The normalized spacial score (nSPS) is 17.1. The molecule has 2 saturated carbocycles. The lowest BCUT2D eigenvalue weighted by Gasteiger charge is -2.29. The number of nitrogens with zero attached hydrogens (tertiary/aromatic N) is 1. The van der Waals surface area contributed by atoms with Crippen LogP contribution in [0.1, 0.15) is 62.2 Å². The lowest BCUT2D eigenvalue weighted by atomic mass is 9.98. The van der Waals surface area contributed by atoms with Crippen molar-refractivity contribution in [3.8, 4) is 17.2 Å². The van der Waals surface area contributed by atoms with Gasteiger partial charge in [-0.15, -0.1) is 0 Å². The number of fused-ring (bicyclic) bond motifs is 1. The average molecular weight is 660 g/mol. The van der Waals surface area contributed by atoms with Crippen LogP contribution in [0.5, 0.6) is 17.2 Å². The van der Waals surface area contributed by atoms with Crippen LogP contribution in [0.25, 0.3) is 10.9 Å². The highest BCUT2D eigenvalue weighted by Crippen LogP contribution is 2.44. The molecule has 2 fully saturated rings. The van der Waals surface area contributed by atoms with Crippen molar-refractivity contribution in [2.24, 2.45) is 0 Å². The molecule has 13 nitrogen and oxygen atoms in total. The van der Waals surface area contributed by atoms with Gasteiger partial charge in [-0.3, -0.25) is 24.2 Å². The number of ether oxygens (including phenoxy) is 2. The van der Waals surface area contributed by atoms with Crippen LogP contribution in [0.2, 0.25) is 5.02 Å². The van der Waals surface area contributed by atoms with E-state index >= 15 is 0 Å². The Morgan fingerprint density at radius 3 is 2.47 bits per heavy atom. The van der Waals surface area contributed by atoms with Gasteiger partial charge in [0.1, 0.15) is 23.3 Å². The fourth-order valence-corrected chi connectivity index (χ4v) is 6.95. The topological polar surface area (TPSA) is 177 Å². The predicted octanol–water partition coefficient (Wildman–Crippen LogP) is 6.22. The number of halogens is 1. The summed E-state index contributed by atoms with van der Waals surface area (Å²) in [5.74, 6) is -1.23. The van der Waals surface area contributed by atoms with E-state index in [1.165, 1.54) is 32.4 Å². The maximum absolute atomic E-state index is 13.9. The number of hydrogen-bond donors (Lipinski definition) is 5.